The summed E-state index contributed by atoms with van der Waals surface area (Å²) in [5, 5.41) is 31.1. The topological polar surface area (TPSA) is 156 Å². The van der Waals surface area contributed by atoms with Crippen molar-refractivity contribution in [3.63, 3.8) is 0 Å². The van der Waals surface area contributed by atoms with Gasteiger partial charge in [0.25, 0.3) is 0 Å². The predicted molar refractivity (Wildman–Crippen MR) is 60.8 cm³/mol. The molecular formula is C10H9O8PS-4. The molecule has 1 N–H and O–H groups in total. The summed E-state index contributed by atoms with van der Waals surface area (Å²) >= 11 is 4.21. The number of hydrogen-bond acceptors (Lipinski definition) is 9. The Balaban J connectivity index is 3.05. The van der Waals surface area contributed by atoms with Gasteiger partial charge in [-0.3, -0.25) is 0 Å². The lowest BCUT2D eigenvalue weighted by Gasteiger charge is -2.53. The Labute approximate surface area is 119 Å². The average molecular weight is 320 g/mol. The molecule has 10 heteroatoms. The van der Waals surface area contributed by atoms with Crippen LogP contribution in [-0.4, -0.2) is 34.9 Å². The van der Waals surface area contributed by atoms with Crippen molar-refractivity contribution in [3.8, 4) is 0 Å². The summed E-state index contributed by atoms with van der Waals surface area (Å²) in [5.74, 6) is -4.31. The maximum absolute atomic E-state index is 11.3. The molecule has 8 nitrogen and oxygen atoms in total. The fourth-order valence-electron chi connectivity index (χ4n) is 1.70. The standard InChI is InChI=1S/C10H13O8PS/c1-4(9(12)13)18-6-2-5(10(14)15)3-7(8(6)11)19(16,17)20/h3,6-8,11H,1-2H2,(H,12,13)(H,14,15)(H2,16,17,20)/p-4/t6-,7-,8+/m1/s1. The summed E-state index contributed by atoms with van der Waals surface area (Å²) in [4.78, 5) is 44.0. The highest BCUT2D eigenvalue weighted by atomic mass is 32.7. The first-order valence-corrected chi connectivity index (χ1v) is 7.93. The van der Waals surface area contributed by atoms with E-state index in [-0.39, 0.29) is 0 Å². The largest absolute Gasteiger partial charge is 0.700 e. The third-order valence-electron chi connectivity index (χ3n) is 2.67. The molecule has 20 heavy (non-hydrogen) atoms. The molecule has 0 aromatic carbocycles. The van der Waals surface area contributed by atoms with Gasteiger partial charge < -0.3 is 51.7 Å². The number of ether oxygens (including phenoxy) is 1. The molecule has 0 bridgehead atoms. The molecule has 0 aliphatic heterocycles. The molecule has 0 aromatic rings. The van der Waals surface area contributed by atoms with E-state index in [1.165, 1.54) is 0 Å². The van der Waals surface area contributed by atoms with Crippen LogP contribution in [0.1, 0.15) is 6.42 Å². The maximum atomic E-state index is 11.3. The van der Waals surface area contributed by atoms with Crippen LogP contribution < -0.4 is 20.0 Å². The average Bonchev–Trinajstić information content (AvgIpc) is 2.29. The zero-order valence-electron chi connectivity index (χ0n) is 9.88. The fourth-order valence-corrected chi connectivity index (χ4v) is 3.19. The highest BCUT2D eigenvalue weighted by molar-refractivity contribution is 8.36. The van der Waals surface area contributed by atoms with Gasteiger partial charge in [0.1, 0.15) is 23.9 Å². The number of carboxylic acids is 2. The summed E-state index contributed by atoms with van der Waals surface area (Å²) in [6.07, 6.45) is -2.87. The van der Waals surface area contributed by atoms with Crippen molar-refractivity contribution >= 4 is 31.1 Å². The van der Waals surface area contributed by atoms with E-state index in [1.54, 1.807) is 0 Å². The number of aliphatic hydroxyl groups excluding tert-OH is 1. The maximum Gasteiger partial charge on any atom is 0.135 e. The van der Waals surface area contributed by atoms with Gasteiger partial charge in [-0.15, -0.1) is 0 Å². The fraction of sp³-hybridized carbons (Fsp3) is 0.400. The van der Waals surface area contributed by atoms with Crippen LogP contribution >= 0.6 is 6.92 Å². The lowest BCUT2D eigenvalue weighted by Crippen LogP contribution is -2.49. The minimum Gasteiger partial charge on any atom is -0.700 e. The third-order valence-corrected chi connectivity index (χ3v) is 4.59. The number of carbonyl (C=O) groups is 2. The van der Waals surface area contributed by atoms with Gasteiger partial charge in [-0.25, -0.2) is 6.92 Å². The van der Waals surface area contributed by atoms with Crippen molar-refractivity contribution in [2.24, 2.45) is 0 Å². The quantitative estimate of drug-likeness (QED) is 0.228. The number of hydrogen-bond donors (Lipinski definition) is 1. The van der Waals surface area contributed by atoms with E-state index in [0.717, 1.165) is 6.08 Å². The van der Waals surface area contributed by atoms with Crippen LogP contribution in [0.25, 0.3) is 0 Å². The van der Waals surface area contributed by atoms with E-state index >= 15 is 0 Å². The van der Waals surface area contributed by atoms with E-state index in [4.69, 9.17) is 4.74 Å². The lowest BCUT2D eigenvalue weighted by molar-refractivity contribution is -0.304. The molecule has 0 amide bonds. The first-order valence-electron chi connectivity index (χ1n) is 5.22. The summed E-state index contributed by atoms with van der Waals surface area (Å²) in [7, 11) is 0. The Kier molecular flexibility index (Phi) is 5.17. The first kappa shape index (κ1) is 16.9. The van der Waals surface area contributed by atoms with E-state index < -0.39 is 54.5 Å². The molecule has 0 aromatic heterocycles. The third kappa shape index (κ3) is 3.94. The van der Waals surface area contributed by atoms with Gasteiger partial charge >= 0.3 is 0 Å². The summed E-state index contributed by atoms with van der Waals surface area (Å²) in [6, 6.07) is 0. The van der Waals surface area contributed by atoms with Gasteiger partial charge in [-0.05, 0) is 11.6 Å². The molecule has 0 radical (unpaired) electrons. The lowest BCUT2D eigenvalue weighted by atomic mass is 9.93. The molecule has 0 saturated heterocycles. The van der Waals surface area contributed by atoms with Crippen LogP contribution in [0.3, 0.4) is 0 Å². The zero-order valence-corrected chi connectivity index (χ0v) is 11.6. The second kappa shape index (κ2) is 6.11. The molecule has 1 rings (SSSR count). The van der Waals surface area contributed by atoms with Crippen LogP contribution in [0.2, 0.25) is 0 Å². The molecule has 1 aliphatic rings. The van der Waals surface area contributed by atoms with Crippen LogP contribution in [0.4, 0.5) is 0 Å². The van der Waals surface area contributed by atoms with Gasteiger partial charge in [0.05, 0.1) is 11.6 Å². The monoisotopic (exact) mass is 320 g/mol. The van der Waals surface area contributed by atoms with Crippen molar-refractivity contribution in [1.29, 1.82) is 0 Å². The Morgan fingerprint density at radius 2 is 2.00 bits per heavy atom. The van der Waals surface area contributed by atoms with Crippen LogP contribution in [0.15, 0.2) is 24.0 Å². The predicted octanol–water partition coefficient (Wildman–Crippen LogP) is -4.53. The molecule has 0 fully saturated rings. The number of rotatable bonds is 5. The van der Waals surface area contributed by atoms with Crippen molar-refractivity contribution in [1.82, 2.24) is 0 Å². The molecule has 0 heterocycles. The minimum atomic E-state index is -4.54. The van der Waals surface area contributed by atoms with E-state index in [2.05, 4.69) is 18.8 Å². The SMILES string of the molecule is C=C(O[C@@H]1CC(C(=O)[O-])=C[C@@H]([P+]([O-])([O-])[S-])[C@H]1O)C(=O)[O-]. The Hall–Kier alpha value is -1.12. The van der Waals surface area contributed by atoms with Gasteiger partial charge in [-0.2, -0.15) is 0 Å². The van der Waals surface area contributed by atoms with Crippen molar-refractivity contribution in [3.05, 3.63) is 24.0 Å². The summed E-state index contributed by atoms with van der Waals surface area (Å²) < 4.78 is 4.73. The summed E-state index contributed by atoms with van der Waals surface area (Å²) in [6.45, 7) is -1.55. The van der Waals surface area contributed by atoms with E-state index in [1.807, 2.05) is 0 Å². The van der Waals surface area contributed by atoms with Crippen molar-refractivity contribution in [2.45, 2.75) is 24.3 Å². The normalized spacial score (nSPS) is 26.6. The van der Waals surface area contributed by atoms with Gasteiger partial charge in [0.2, 0.25) is 0 Å². The van der Waals surface area contributed by atoms with Gasteiger partial charge in [0, 0.05) is 6.42 Å². The molecular weight excluding hydrogens is 311 g/mol. The number of aliphatic hydroxyl groups is 1. The highest BCUT2D eigenvalue weighted by Gasteiger charge is 2.37. The molecule has 0 saturated carbocycles. The molecule has 0 unspecified atom stereocenters. The first-order chi connectivity index (χ1) is 9.04. The number of carboxylic acid groups (broad SMARTS) is 2. The van der Waals surface area contributed by atoms with Crippen molar-refractivity contribution < 1.29 is 39.4 Å². The van der Waals surface area contributed by atoms with Gasteiger partial charge in [-0.1, -0.05) is 6.58 Å². The Bertz CT molecular complexity index is 468. The molecule has 0 spiro atoms. The molecule has 112 valence electrons. The van der Waals surface area contributed by atoms with Crippen LogP contribution in [-0.2, 0) is 26.6 Å². The van der Waals surface area contributed by atoms with Crippen LogP contribution in [0.5, 0.6) is 0 Å². The van der Waals surface area contributed by atoms with Crippen LogP contribution in [0, 0.1) is 0 Å². The number of carbonyl (C=O) groups excluding carboxylic acids is 2. The Morgan fingerprint density at radius 3 is 2.40 bits per heavy atom. The number of aliphatic carboxylic acids is 2. The molecule has 1 aliphatic carbocycles. The highest BCUT2D eigenvalue weighted by Crippen LogP contribution is 2.48. The van der Waals surface area contributed by atoms with E-state index in [0.29, 0.717) is 0 Å². The second-order valence-electron chi connectivity index (χ2n) is 4.07. The second-order valence-corrected chi connectivity index (χ2v) is 7.27. The zero-order chi connectivity index (χ0) is 15.7. The minimum absolute atomic E-state index is 0.457. The van der Waals surface area contributed by atoms with Crippen molar-refractivity contribution in [2.75, 3.05) is 0 Å². The van der Waals surface area contributed by atoms with E-state index in [9.17, 15) is 34.7 Å². The van der Waals surface area contributed by atoms with Gasteiger partial charge in [0.15, 0.2) is 0 Å². The summed E-state index contributed by atoms with van der Waals surface area (Å²) in [5.41, 5.74) is -2.16. The Morgan fingerprint density at radius 1 is 1.45 bits per heavy atom. The smallest absolute Gasteiger partial charge is 0.135 e. The molecule has 3 atom stereocenters.